The Morgan fingerprint density at radius 2 is 1.17 bits per heavy atom. The molecule has 0 aliphatic carbocycles. The largest absolute Gasteiger partial charge is 0.497 e. The number of nitrogens with one attached hydrogen (secondary N) is 4. The summed E-state index contributed by atoms with van der Waals surface area (Å²) in [4.78, 5) is 13.5. The van der Waals surface area contributed by atoms with Crippen molar-refractivity contribution in [3.63, 3.8) is 0 Å². The minimum absolute atomic E-state index is 0.453. The van der Waals surface area contributed by atoms with Gasteiger partial charge in [0, 0.05) is 31.2 Å². The number of ether oxygens (including phenoxy) is 3. The van der Waals surface area contributed by atoms with Gasteiger partial charge in [-0.25, -0.2) is 0 Å². The Morgan fingerprint density at radius 1 is 0.667 bits per heavy atom. The summed E-state index contributed by atoms with van der Waals surface area (Å²) >= 11 is 5.98. The molecule has 0 amide bonds. The van der Waals surface area contributed by atoms with Gasteiger partial charge >= 0.3 is 0 Å². The van der Waals surface area contributed by atoms with E-state index < -0.39 is 0 Å². The molecule has 0 unspecified atom stereocenters. The molecule has 11 heteroatoms. The number of benzene rings is 2. The predicted octanol–water partition coefficient (Wildman–Crippen LogP) is 3.42. The molecule has 0 spiro atoms. The third-order valence-electron chi connectivity index (χ3n) is 5.01. The summed E-state index contributed by atoms with van der Waals surface area (Å²) < 4.78 is 16.3. The van der Waals surface area contributed by atoms with Gasteiger partial charge in [0.1, 0.15) is 5.75 Å². The zero-order valence-corrected chi connectivity index (χ0v) is 21.5. The minimum atomic E-state index is 0.453. The van der Waals surface area contributed by atoms with Gasteiger partial charge in [0.15, 0.2) is 0 Å². The van der Waals surface area contributed by atoms with E-state index in [1.54, 1.807) is 7.11 Å². The molecule has 0 saturated heterocycles. The lowest BCUT2D eigenvalue weighted by molar-refractivity contribution is 0.0531. The fraction of sp³-hybridized carbons (Fsp3) is 0.400. The fourth-order valence-electron chi connectivity index (χ4n) is 3.05. The summed E-state index contributed by atoms with van der Waals surface area (Å²) in [6, 6.07) is 15.4. The first-order valence-corrected chi connectivity index (χ1v) is 12.2. The van der Waals surface area contributed by atoms with Gasteiger partial charge in [0.05, 0.1) is 33.5 Å². The van der Waals surface area contributed by atoms with Crippen LogP contribution in [0.2, 0.25) is 5.02 Å². The van der Waals surface area contributed by atoms with Gasteiger partial charge in [-0.1, -0.05) is 35.9 Å². The number of nitrogens with zero attached hydrogens (tertiary/aromatic N) is 3. The highest BCUT2D eigenvalue weighted by atomic mass is 35.5. The second kappa shape index (κ2) is 15.7. The number of methoxy groups -OCH3 is 1. The van der Waals surface area contributed by atoms with Crippen LogP contribution in [0.5, 0.6) is 5.75 Å². The van der Waals surface area contributed by atoms with Crippen molar-refractivity contribution < 1.29 is 14.2 Å². The van der Waals surface area contributed by atoms with Crippen molar-refractivity contribution in [1.29, 1.82) is 0 Å². The van der Waals surface area contributed by atoms with E-state index in [4.69, 9.17) is 25.8 Å². The second-order valence-electron chi connectivity index (χ2n) is 7.74. The van der Waals surface area contributed by atoms with Crippen LogP contribution in [0.1, 0.15) is 11.1 Å². The van der Waals surface area contributed by atoms with Crippen LogP contribution in [0, 0.1) is 0 Å². The van der Waals surface area contributed by atoms with E-state index >= 15 is 0 Å². The molecule has 0 atom stereocenters. The maximum absolute atomic E-state index is 5.98. The number of hydrogen-bond acceptors (Lipinski definition) is 10. The molecule has 3 rings (SSSR count). The van der Waals surface area contributed by atoms with Crippen LogP contribution in [0.4, 0.5) is 17.8 Å². The van der Waals surface area contributed by atoms with Crippen LogP contribution in [0.25, 0.3) is 0 Å². The van der Waals surface area contributed by atoms with Crippen molar-refractivity contribution >= 4 is 29.4 Å². The molecule has 0 fully saturated rings. The fourth-order valence-corrected chi connectivity index (χ4v) is 3.18. The van der Waals surface area contributed by atoms with Crippen molar-refractivity contribution in [2.75, 3.05) is 69.6 Å². The van der Waals surface area contributed by atoms with Crippen molar-refractivity contribution in [2.45, 2.75) is 13.1 Å². The number of hydrogen-bond donors (Lipinski definition) is 4. The minimum Gasteiger partial charge on any atom is -0.497 e. The zero-order valence-electron chi connectivity index (χ0n) is 20.7. The summed E-state index contributed by atoms with van der Waals surface area (Å²) in [7, 11) is 3.54. The van der Waals surface area contributed by atoms with Crippen molar-refractivity contribution in [3.8, 4) is 5.75 Å². The van der Waals surface area contributed by atoms with Crippen molar-refractivity contribution in [1.82, 2.24) is 20.3 Å². The Kier molecular flexibility index (Phi) is 12.0. The molecular formula is C25H34ClN7O3. The molecule has 194 valence electrons. The molecule has 0 radical (unpaired) electrons. The van der Waals surface area contributed by atoms with E-state index in [2.05, 4.69) is 36.2 Å². The summed E-state index contributed by atoms with van der Waals surface area (Å²) in [6.07, 6.45) is 0. The van der Waals surface area contributed by atoms with E-state index in [1.165, 1.54) is 0 Å². The highest BCUT2D eigenvalue weighted by Gasteiger charge is 2.07. The lowest BCUT2D eigenvalue weighted by atomic mass is 10.2. The van der Waals surface area contributed by atoms with Crippen LogP contribution in [-0.4, -0.2) is 68.6 Å². The SMILES string of the molecule is CNCCOCCOCCNc1nc(NCc2ccc(Cl)cc2)nc(NCc2ccc(OC)cc2)n1. The highest BCUT2D eigenvalue weighted by Crippen LogP contribution is 2.15. The van der Waals surface area contributed by atoms with Crippen LogP contribution < -0.4 is 26.0 Å². The first-order valence-electron chi connectivity index (χ1n) is 11.8. The van der Waals surface area contributed by atoms with E-state index in [-0.39, 0.29) is 0 Å². The molecule has 1 aromatic heterocycles. The first kappa shape index (κ1) is 27.4. The third-order valence-corrected chi connectivity index (χ3v) is 5.26. The summed E-state index contributed by atoms with van der Waals surface area (Å²) in [5.74, 6) is 2.18. The van der Waals surface area contributed by atoms with Crippen molar-refractivity contribution in [2.24, 2.45) is 0 Å². The average molecular weight is 516 g/mol. The van der Waals surface area contributed by atoms with E-state index in [0.717, 1.165) is 23.4 Å². The zero-order chi connectivity index (χ0) is 25.4. The lowest BCUT2D eigenvalue weighted by Crippen LogP contribution is -2.18. The molecule has 3 aromatic rings. The molecule has 0 saturated carbocycles. The van der Waals surface area contributed by atoms with Crippen LogP contribution in [0.15, 0.2) is 48.5 Å². The Bertz CT molecular complexity index is 1020. The number of likely N-dealkylation sites (N-methyl/N-ethyl adjacent to an activating group) is 1. The first-order chi connectivity index (χ1) is 17.7. The van der Waals surface area contributed by atoms with E-state index in [9.17, 15) is 0 Å². The third kappa shape index (κ3) is 10.2. The Balaban J connectivity index is 1.55. The number of rotatable bonds is 17. The molecular weight excluding hydrogens is 482 g/mol. The van der Waals surface area contributed by atoms with Gasteiger partial charge in [0.2, 0.25) is 17.8 Å². The van der Waals surface area contributed by atoms with Crippen LogP contribution in [0.3, 0.4) is 0 Å². The van der Waals surface area contributed by atoms with Crippen LogP contribution in [-0.2, 0) is 22.6 Å². The average Bonchev–Trinajstić information content (AvgIpc) is 2.91. The number of anilines is 3. The monoisotopic (exact) mass is 515 g/mol. The molecule has 2 aromatic carbocycles. The Hall–Kier alpha value is -3.18. The topological polar surface area (TPSA) is 114 Å². The van der Waals surface area contributed by atoms with Gasteiger partial charge in [-0.3, -0.25) is 0 Å². The molecule has 36 heavy (non-hydrogen) atoms. The molecule has 4 N–H and O–H groups in total. The van der Waals surface area contributed by atoms with Crippen LogP contribution >= 0.6 is 11.6 Å². The van der Waals surface area contributed by atoms with E-state index in [1.807, 2.05) is 55.6 Å². The quantitative estimate of drug-likeness (QED) is 0.199. The molecule has 1 heterocycles. The van der Waals surface area contributed by atoms with Gasteiger partial charge in [0.25, 0.3) is 0 Å². The molecule has 0 aliphatic rings. The second-order valence-corrected chi connectivity index (χ2v) is 8.18. The Labute approximate surface area is 217 Å². The van der Waals surface area contributed by atoms with Gasteiger partial charge in [-0.05, 0) is 42.4 Å². The standard InChI is InChI=1S/C25H34ClN7O3/c1-27-11-13-35-15-16-36-14-12-28-23-31-24(29-17-19-3-7-21(26)8-4-19)33-25(32-23)30-18-20-5-9-22(34-2)10-6-20/h3-10,27H,11-18H2,1-2H3,(H3,28,29,30,31,32,33). The summed E-state index contributed by atoms with van der Waals surface area (Å²) in [5.41, 5.74) is 2.14. The molecule has 10 nitrogen and oxygen atoms in total. The smallest absolute Gasteiger partial charge is 0.229 e. The summed E-state index contributed by atoms with van der Waals surface area (Å²) in [6.45, 7) is 4.75. The molecule has 0 aliphatic heterocycles. The van der Waals surface area contributed by atoms with E-state index in [0.29, 0.717) is 68.9 Å². The number of aromatic nitrogens is 3. The van der Waals surface area contributed by atoms with Gasteiger partial charge in [-0.2, -0.15) is 15.0 Å². The Morgan fingerprint density at radius 3 is 1.69 bits per heavy atom. The number of halogens is 1. The normalized spacial score (nSPS) is 10.8. The predicted molar refractivity (Wildman–Crippen MR) is 143 cm³/mol. The van der Waals surface area contributed by atoms with Gasteiger partial charge in [-0.15, -0.1) is 0 Å². The maximum Gasteiger partial charge on any atom is 0.229 e. The van der Waals surface area contributed by atoms with Crippen molar-refractivity contribution in [3.05, 3.63) is 64.7 Å². The summed E-state index contributed by atoms with van der Waals surface area (Å²) in [5, 5.41) is 13.5. The van der Waals surface area contributed by atoms with Gasteiger partial charge < -0.3 is 35.5 Å². The highest BCUT2D eigenvalue weighted by molar-refractivity contribution is 6.30. The molecule has 0 bridgehead atoms. The lowest BCUT2D eigenvalue weighted by Gasteiger charge is -2.12. The maximum atomic E-state index is 5.98.